The first-order valence-electron chi connectivity index (χ1n) is 5.70. The van der Waals surface area contributed by atoms with Gasteiger partial charge >= 0.3 is 0 Å². The molecular formula is C13H11F3N2OS. The highest BCUT2D eigenvalue weighted by Gasteiger charge is 2.21. The van der Waals surface area contributed by atoms with E-state index < -0.39 is 28.9 Å². The maximum atomic E-state index is 13.5. The van der Waals surface area contributed by atoms with Crippen molar-refractivity contribution < 1.29 is 18.0 Å². The Kier molecular flexibility index (Phi) is 4.08. The molecule has 0 aliphatic carbocycles. The average molecular weight is 300 g/mol. The van der Waals surface area contributed by atoms with Crippen LogP contribution in [0.4, 0.5) is 13.2 Å². The Morgan fingerprint density at radius 1 is 1.30 bits per heavy atom. The molecule has 0 bridgehead atoms. The summed E-state index contributed by atoms with van der Waals surface area (Å²) in [6.45, 7) is 1.99. The van der Waals surface area contributed by atoms with Crippen LogP contribution >= 0.6 is 11.3 Å². The molecule has 3 nitrogen and oxygen atoms in total. The second-order valence-corrected chi connectivity index (χ2v) is 5.30. The zero-order valence-corrected chi connectivity index (χ0v) is 11.6. The van der Waals surface area contributed by atoms with Crippen molar-refractivity contribution in [3.8, 4) is 0 Å². The largest absolute Gasteiger partial charge is 0.336 e. The Labute approximate surface area is 117 Å². The summed E-state index contributed by atoms with van der Waals surface area (Å²) in [7, 11) is 1.44. The van der Waals surface area contributed by atoms with E-state index in [4.69, 9.17) is 0 Å². The normalized spacial score (nSPS) is 10.7. The summed E-state index contributed by atoms with van der Waals surface area (Å²) in [6.07, 6.45) is 0. The molecule has 1 heterocycles. The smallest absolute Gasteiger partial charge is 0.257 e. The Balaban J connectivity index is 2.21. The molecule has 0 aliphatic heterocycles. The molecule has 0 atom stereocenters. The van der Waals surface area contributed by atoms with Crippen molar-refractivity contribution in [3.05, 3.63) is 51.2 Å². The van der Waals surface area contributed by atoms with Crippen molar-refractivity contribution in [1.29, 1.82) is 0 Å². The molecule has 1 aromatic carbocycles. The number of aryl methyl sites for hydroxylation is 1. The highest BCUT2D eigenvalue weighted by atomic mass is 32.1. The minimum Gasteiger partial charge on any atom is -0.336 e. The zero-order chi connectivity index (χ0) is 14.9. The van der Waals surface area contributed by atoms with Crippen molar-refractivity contribution in [1.82, 2.24) is 9.88 Å². The molecule has 106 valence electrons. The molecule has 0 fully saturated rings. The lowest BCUT2D eigenvalue weighted by molar-refractivity contribution is 0.0777. The summed E-state index contributed by atoms with van der Waals surface area (Å²) in [5.41, 5.74) is 0.157. The Hall–Kier alpha value is -1.89. The van der Waals surface area contributed by atoms with Gasteiger partial charge in [-0.15, -0.1) is 11.3 Å². The van der Waals surface area contributed by atoms with Crippen LogP contribution in [0.3, 0.4) is 0 Å². The Bertz CT molecular complexity index is 657. The van der Waals surface area contributed by atoms with Crippen molar-refractivity contribution in [2.45, 2.75) is 13.5 Å². The molecule has 0 saturated heterocycles. The van der Waals surface area contributed by atoms with E-state index in [2.05, 4.69) is 4.98 Å². The fourth-order valence-corrected chi connectivity index (χ4v) is 2.30. The maximum absolute atomic E-state index is 13.5. The van der Waals surface area contributed by atoms with Gasteiger partial charge in [-0.2, -0.15) is 0 Å². The maximum Gasteiger partial charge on any atom is 0.257 e. The number of aromatic nitrogens is 1. The molecule has 1 aromatic heterocycles. The van der Waals surface area contributed by atoms with E-state index in [-0.39, 0.29) is 6.54 Å². The van der Waals surface area contributed by atoms with E-state index in [0.717, 1.165) is 17.1 Å². The number of rotatable bonds is 3. The van der Waals surface area contributed by atoms with Crippen LogP contribution in [0.2, 0.25) is 0 Å². The molecule has 2 rings (SSSR count). The first-order chi connectivity index (χ1) is 9.40. The van der Waals surface area contributed by atoms with Crippen LogP contribution in [0.5, 0.6) is 0 Å². The van der Waals surface area contributed by atoms with Crippen LogP contribution < -0.4 is 0 Å². The molecule has 1 amide bonds. The minimum atomic E-state index is -1.64. The molecule has 7 heteroatoms. The van der Waals surface area contributed by atoms with Crippen LogP contribution in [-0.2, 0) is 6.54 Å². The van der Waals surface area contributed by atoms with Crippen LogP contribution in [-0.4, -0.2) is 22.8 Å². The summed E-state index contributed by atoms with van der Waals surface area (Å²) >= 11 is 1.43. The van der Waals surface area contributed by atoms with Gasteiger partial charge in [0.1, 0.15) is 0 Å². The Morgan fingerprint density at radius 2 is 2.00 bits per heavy atom. The van der Waals surface area contributed by atoms with Crippen LogP contribution in [0, 0.1) is 24.4 Å². The number of amides is 1. The third kappa shape index (κ3) is 2.82. The fraction of sp³-hybridized carbons (Fsp3) is 0.231. The molecule has 0 radical (unpaired) electrons. The average Bonchev–Trinajstić information content (AvgIpc) is 2.81. The van der Waals surface area contributed by atoms with Crippen LogP contribution in [0.25, 0.3) is 0 Å². The predicted octanol–water partition coefficient (Wildman–Crippen LogP) is 3.14. The number of halogens is 3. The highest BCUT2D eigenvalue weighted by Crippen LogP contribution is 2.18. The lowest BCUT2D eigenvalue weighted by Crippen LogP contribution is -2.27. The van der Waals surface area contributed by atoms with Crippen LogP contribution in [0.15, 0.2) is 17.5 Å². The lowest BCUT2D eigenvalue weighted by atomic mass is 10.1. The third-order valence-corrected chi connectivity index (χ3v) is 3.50. The number of carbonyl (C=O) groups is 1. The van der Waals surface area contributed by atoms with E-state index >= 15 is 0 Å². The molecule has 0 aliphatic rings. The fourth-order valence-electron chi connectivity index (χ4n) is 1.69. The number of nitrogens with zero attached hydrogens (tertiary/aromatic N) is 2. The SMILES string of the molecule is Cc1nc(CN(C)C(=O)c2ccc(F)c(F)c2F)cs1. The first-order valence-corrected chi connectivity index (χ1v) is 6.58. The van der Waals surface area contributed by atoms with Crippen molar-refractivity contribution in [3.63, 3.8) is 0 Å². The summed E-state index contributed by atoms with van der Waals surface area (Å²) < 4.78 is 39.5. The number of carbonyl (C=O) groups excluding carboxylic acids is 1. The molecule has 2 aromatic rings. The second-order valence-electron chi connectivity index (χ2n) is 4.24. The van der Waals surface area contributed by atoms with Crippen molar-refractivity contribution in [2.24, 2.45) is 0 Å². The lowest BCUT2D eigenvalue weighted by Gasteiger charge is -2.16. The number of thiazole rings is 1. The van der Waals surface area contributed by atoms with Gasteiger partial charge in [0.15, 0.2) is 17.5 Å². The van der Waals surface area contributed by atoms with Crippen molar-refractivity contribution in [2.75, 3.05) is 7.05 Å². The molecule has 20 heavy (non-hydrogen) atoms. The third-order valence-electron chi connectivity index (χ3n) is 2.68. The zero-order valence-electron chi connectivity index (χ0n) is 10.8. The van der Waals surface area contributed by atoms with E-state index in [0.29, 0.717) is 5.69 Å². The number of hydrogen-bond acceptors (Lipinski definition) is 3. The predicted molar refractivity (Wildman–Crippen MR) is 69.0 cm³/mol. The van der Waals surface area contributed by atoms with Gasteiger partial charge in [-0.25, -0.2) is 18.2 Å². The molecule has 0 N–H and O–H groups in total. The van der Waals surface area contributed by atoms with Gasteiger partial charge in [-0.1, -0.05) is 0 Å². The summed E-state index contributed by atoms with van der Waals surface area (Å²) in [4.78, 5) is 17.4. The number of hydrogen-bond donors (Lipinski definition) is 0. The topological polar surface area (TPSA) is 33.2 Å². The van der Waals surface area contributed by atoms with Crippen LogP contribution in [0.1, 0.15) is 21.1 Å². The number of benzene rings is 1. The van der Waals surface area contributed by atoms with Gasteiger partial charge < -0.3 is 4.90 Å². The molecule has 0 unspecified atom stereocenters. The van der Waals surface area contributed by atoms with Gasteiger partial charge in [0.05, 0.1) is 22.8 Å². The molecule has 0 spiro atoms. The summed E-state index contributed by atoms with van der Waals surface area (Å²) in [5.74, 6) is -5.17. The summed E-state index contributed by atoms with van der Waals surface area (Å²) in [6, 6.07) is 1.66. The monoisotopic (exact) mass is 300 g/mol. The van der Waals surface area contributed by atoms with Gasteiger partial charge in [0, 0.05) is 12.4 Å². The van der Waals surface area contributed by atoms with Gasteiger partial charge in [-0.05, 0) is 19.1 Å². The highest BCUT2D eigenvalue weighted by molar-refractivity contribution is 7.09. The van der Waals surface area contributed by atoms with Gasteiger partial charge in [0.2, 0.25) is 0 Å². The van der Waals surface area contributed by atoms with E-state index in [1.54, 1.807) is 5.38 Å². The summed E-state index contributed by atoms with van der Waals surface area (Å²) in [5, 5.41) is 2.63. The van der Waals surface area contributed by atoms with Gasteiger partial charge in [0.25, 0.3) is 5.91 Å². The quantitative estimate of drug-likeness (QED) is 0.816. The molecular weight excluding hydrogens is 289 g/mol. The van der Waals surface area contributed by atoms with Gasteiger partial charge in [-0.3, -0.25) is 4.79 Å². The first kappa shape index (κ1) is 14.5. The molecule has 0 saturated carbocycles. The van der Waals surface area contributed by atoms with E-state index in [1.165, 1.54) is 23.3 Å². The van der Waals surface area contributed by atoms with E-state index in [9.17, 15) is 18.0 Å². The van der Waals surface area contributed by atoms with Crippen molar-refractivity contribution >= 4 is 17.2 Å². The Morgan fingerprint density at radius 3 is 2.60 bits per heavy atom. The minimum absolute atomic E-state index is 0.168. The van der Waals surface area contributed by atoms with E-state index in [1.807, 2.05) is 6.92 Å². The standard InChI is InChI=1S/C13H11F3N2OS/c1-7-17-8(6-20-7)5-18(2)13(19)9-3-4-10(14)12(16)11(9)15/h3-4,6H,5H2,1-2H3. The second kappa shape index (κ2) is 5.62.